The lowest BCUT2D eigenvalue weighted by atomic mass is 10.1. The van der Waals surface area contributed by atoms with E-state index in [1.54, 1.807) is 6.07 Å². The van der Waals surface area contributed by atoms with Gasteiger partial charge in [-0.15, -0.1) is 0 Å². The lowest BCUT2D eigenvalue weighted by molar-refractivity contribution is 0.947. The molecule has 0 N–H and O–H groups in total. The van der Waals surface area contributed by atoms with Crippen molar-refractivity contribution in [2.75, 3.05) is 0 Å². The quantitative estimate of drug-likeness (QED) is 0.797. The molecule has 1 aromatic carbocycles. The second-order valence-electron chi connectivity index (χ2n) is 3.77. The number of hydrogen-bond donors (Lipinski definition) is 0. The summed E-state index contributed by atoms with van der Waals surface area (Å²) in [5.74, 6) is 0. The average Bonchev–Trinajstić information content (AvgIpc) is 2.46. The molecule has 0 aliphatic heterocycles. The summed E-state index contributed by atoms with van der Waals surface area (Å²) < 4.78 is 38.9. The minimum atomic E-state index is -2.81. The van der Waals surface area contributed by atoms with Gasteiger partial charge in [0.2, 0.25) is 0 Å². The molecule has 0 saturated carbocycles. The van der Waals surface area contributed by atoms with Gasteiger partial charge in [0.1, 0.15) is 0 Å². The fourth-order valence-corrected chi connectivity index (χ4v) is 1.69. The molecule has 0 saturated heterocycles. The van der Waals surface area contributed by atoms with Crippen molar-refractivity contribution < 1.29 is 6.85 Å². The van der Waals surface area contributed by atoms with Gasteiger partial charge < -0.3 is 0 Å². The van der Waals surface area contributed by atoms with Crippen LogP contribution in [0.1, 0.15) is 31.8 Å². The summed E-state index contributed by atoms with van der Waals surface area (Å²) in [4.78, 5) is 12.0. The average molecular weight is 232 g/mol. The van der Waals surface area contributed by atoms with E-state index in [-0.39, 0.29) is 11.1 Å². The van der Waals surface area contributed by atoms with Crippen molar-refractivity contribution in [1.29, 1.82) is 0 Å². The molecule has 0 aliphatic carbocycles. The first-order valence-corrected chi connectivity index (χ1v) is 5.49. The molecule has 0 radical (unpaired) electrons. The molecule has 2 heteroatoms. The molecule has 0 amide bonds. The van der Waals surface area contributed by atoms with E-state index in [0.29, 0.717) is 5.69 Å². The van der Waals surface area contributed by atoms with Crippen molar-refractivity contribution in [2.45, 2.75) is 26.6 Å². The number of benzene rings is 1. The maximum Gasteiger partial charge on any atom is 0.255 e. The van der Waals surface area contributed by atoms with Gasteiger partial charge in [0, 0.05) is 24.8 Å². The van der Waals surface area contributed by atoms with Crippen LogP contribution >= 0.6 is 0 Å². The third-order valence-corrected chi connectivity index (χ3v) is 2.65. The van der Waals surface area contributed by atoms with Crippen LogP contribution in [0, 0.1) is 0 Å². The van der Waals surface area contributed by atoms with E-state index >= 15 is 0 Å². The predicted octanol–water partition coefficient (Wildman–Crippen LogP) is 2.96. The van der Waals surface area contributed by atoms with Crippen LogP contribution in [0.4, 0.5) is 0 Å². The molecule has 0 unspecified atom stereocenters. The zero-order valence-electron chi connectivity index (χ0n) is 14.6. The van der Waals surface area contributed by atoms with Gasteiger partial charge in [-0.3, -0.25) is 9.36 Å². The minimum absolute atomic E-state index is 0.0472. The van der Waals surface area contributed by atoms with Gasteiger partial charge in [-0.2, -0.15) is 0 Å². The topological polar surface area (TPSA) is 22.0 Å². The van der Waals surface area contributed by atoms with E-state index in [1.165, 1.54) is 22.9 Å². The number of hydrogen-bond acceptors (Lipinski definition) is 1. The second kappa shape index (κ2) is 5.00. The summed E-state index contributed by atoms with van der Waals surface area (Å²) in [6, 6.07) is 9.73. The Morgan fingerprint density at radius 2 is 2.18 bits per heavy atom. The lowest BCUT2D eigenvalue weighted by Crippen LogP contribution is -2.17. The third kappa shape index (κ3) is 2.47. The number of aromatic nitrogens is 1. The summed E-state index contributed by atoms with van der Waals surface area (Å²) in [6.45, 7) is -0.813. The van der Waals surface area contributed by atoms with Crippen LogP contribution in [-0.4, -0.2) is 4.57 Å². The standard InChI is InChI=1S/C15H17NO/c1-3-12-6-5-7-14(10-12)16-11-13(4-2)8-9-15(16)17/h5-11H,3-4H2,1-2H3/i2D3,4D2. The van der Waals surface area contributed by atoms with Crippen LogP contribution in [0.25, 0.3) is 5.69 Å². The Bertz CT molecular complexity index is 733. The molecular weight excluding hydrogens is 210 g/mol. The van der Waals surface area contributed by atoms with Gasteiger partial charge in [-0.05, 0) is 36.1 Å². The number of aryl methyl sites for hydroxylation is 2. The van der Waals surface area contributed by atoms with Crippen LogP contribution in [0.3, 0.4) is 0 Å². The fraction of sp³-hybridized carbons (Fsp3) is 0.267. The molecule has 17 heavy (non-hydrogen) atoms. The van der Waals surface area contributed by atoms with Crippen molar-refractivity contribution in [3.63, 3.8) is 0 Å². The highest BCUT2D eigenvalue weighted by Gasteiger charge is 2.01. The van der Waals surface area contributed by atoms with Crippen molar-refractivity contribution in [3.8, 4) is 5.69 Å². The Hall–Kier alpha value is -1.83. The zero-order chi connectivity index (χ0) is 16.5. The van der Waals surface area contributed by atoms with Crippen LogP contribution in [-0.2, 0) is 12.8 Å². The molecule has 2 aromatic rings. The first-order valence-electron chi connectivity index (χ1n) is 7.99. The van der Waals surface area contributed by atoms with Gasteiger partial charge >= 0.3 is 0 Å². The molecule has 1 heterocycles. The van der Waals surface area contributed by atoms with Gasteiger partial charge in [0.05, 0.1) is 0 Å². The van der Waals surface area contributed by atoms with Crippen molar-refractivity contribution in [1.82, 2.24) is 4.57 Å². The highest BCUT2D eigenvalue weighted by atomic mass is 16.1. The Labute approximate surface area is 109 Å². The largest absolute Gasteiger partial charge is 0.284 e. The summed E-state index contributed by atoms with van der Waals surface area (Å²) >= 11 is 0. The lowest BCUT2D eigenvalue weighted by Gasteiger charge is -2.08. The SMILES string of the molecule is [2H]C([2H])([2H])C([2H])([2H])c1ccc(=O)n(-c2cccc(CC)c2)c1. The molecule has 88 valence electrons. The molecule has 2 nitrogen and oxygen atoms in total. The van der Waals surface area contributed by atoms with Gasteiger partial charge in [-0.25, -0.2) is 0 Å². The normalized spacial score (nSPS) is 16.4. The Kier molecular flexibility index (Phi) is 2.00. The summed E-state index contributed by atoms with van der Waals surface area (Å²) in [6.07, 6.45) is -0.452. The van der Waals surface area contributed by atoms with E-state index in [2.05, 4.69) is 0 Å². The van der Waals surface area contributed by atoms with Crippen LogP contribution in [0.5, 0.6) is 0 Å². The summed E-state index contributed by atoms with van der Waals surface area (Å²) in [7, 11) is 0. The van der Waals surface area contributed by atoms with Crippen molar-refractivity contribution in [2.24, 2.45) is 0 Å². The van der Waals surface area contributed by atoms with Gasteiger partial charge in [-0.1, -0.05) is 32.0 Å². The number of nitrogens with zero attached hydrogens (tertiary/aromatic N) is 1. The maximum absolute atomic E-state index is 12.0. The second-order valence-corrected chi connectivity index (χ2v) is 3.77. The molecular formula is C15H17NO. The fourth-order valence-electron chi connectivity index (χ4n) is 1.69. The Morgan fingerprint density at radius 3 is 2.94 bits per heavy atom. The zero-order valence-corrected chi connectivity index (χ0v) is 9.60. The smallest absolute Gasteiger partial charge is 0.255 e. The van der Waals surface area contributed by atoms with Crippen molar-refractivity contribution in [3.05, 3.63) is 64.1 Å². The first kappa shape index (κ1) is 6.80. The van der Waals surface area contributed by atoms with E-state index in [0.717, 1.165) is 12.0 Å². The predicted molar refractivity (Wildman–Crippen MR) is 70.8 cm³/mol. The summed E-state index contributed by atoms with van der Waals surface area (Å²) in [5.41, 5.74) is 1.24. The van der Waals surface area contributed by atoms with Crippen LogP contribution in [0.2, 0.25) is 0 Å². The first-order chi connectivity index (χ1) is 10.2. The molecule has 0 atom stereocenters. The molecule has 0 aliphatic rings. The number of rotatable bonds is 3. The molecule has 0 fully saturated rings. The number of pyridine rings is 1. The Balaban J connectivity index is 2.59. The Morgan fingerprint density at radius 1 is 1.29 bits per heavy atom. The van der Waals surface area contributed by atoms with E-state index < -0.39 is 13.2 Å². The van der Waals surface area contributed by atoms with Crippen LogP contribution in [0.15, 0.2) is 47.4 Å². The van der Waals surface area contributed by atoms with E-state index in [4.69, 9.17) is 6.85 Å². The monoisotopic (exact) mass is 232 g/mol. The van der Waals surface area contributed by atoms with Gasteiger partial charge in [0.15, 0.2) is 0 Å². The van der Waals surface area contributed by atoms with Gasteiger partial charge in [0.25, 0.3) is 5.56 Å². The maximum atomic E-state index is 12.0. The summed E-state index contributed by atoms with van der Waals surface area (Å²) in [5, 5.41) is 0. The van der Waals surface area contributed by atoms with Crippen molar-refractivity contribution >= 4 is 0 Å². The van der Waals surface area contributed by atoms with Crippen LogP contribution < -0.4 is 5.56 Å². The third-order valence-electron chi connectivity index (χ3n) is 2.65. The van der Waals surface area contributed by atoms with E-state index in [1.807, 2.05) is 25.1 Å². The minimum Gasteiger partial charge on any atom is -0.284 e. The molecule has 0 bridgehead atoms. The molecule has 1 aromatic heterocycles. The highest BCUT2D eigenvalue weighted by molar-refractivity contribution is 5.37. The highest BCUT2D eigenvalue weighted by Crippen LogP contribution is 2.10. The van der Waals surface area contributed by atoms with E-state index in [9.17, 15) is 4.79 Å². The molecule has 0 spiro atoms. The molecule has 2 rings (SSSR count).